The van der Waals surface area contributed by atoms with Crippen molar-refractivity contribution in [3.05, 3.63) is 136 Å². The molecule has 0 bridgehead atoms. The molecule has 6 rings (SSSR count). The van der Waals surface area contributed by atoms with Gasteiger partial charge in [-0.05, 0) is 98.6 Å². The van der Waals surface area contributed by atoms with E-state index in [1.807, 2.05) is 12.1 Å². The van der Waals surface area contributed by atoms with E-state index in [-0.39, 0.29) is 16.7 Å². The molecule has 0 saturated carbocycles. The standard InChI is InChI=1S/C55H74N4O6/c1-7-32-58-48-18-11-9-16-46(48)54(3,4)50(58)27-23-43-14-13-15-44(24-28-51-55(5,6)47-17-10-12-19-49(47)59(51)33-8-2)53(43)65-45-25-20-42(21-26-45)22-29-52(60)57-31-35-62-37-39-64-41-40-63-38-36-61-34-30-56/h9-12,16-21,23-28H,7-8,13-15,22,29-41,56H2,1-6H3/p+1. The molecular formula is C55H75N4O6+. The van der Waals surface area contributed by atoms with Crippen molar-refractivity contribution < 1.29 is 33.1 Å². The first-order valence-corrected chi connectivity index (χ1v) is 24.1. The van der Waals surface area contributed by atoms with Crippen LogP contribution in [0.15, 0.2) is 120 Å². The Morgan fingerprint density at radius 1 is 0.754 bits per heavy atom. The van der Waals surface area contributed by atoms with Gasteiger partial charge in [0.05, 0.1) is 58.3 Å². The summed E-state index contributed by atoms with van der Waals surface area (Å²) in [6.07, 6.45) is 15.4. The quantitative estimate of drug-likeness (QED) is 0.0607. The highest BCUT2D eigenvalue weighted by Crippen LogP contribution is 2.48. The number of allylic oxidation sites excluding steroid dienone is 7. The SMILES string of the molecule is CCCN1/C(=C/C=C2\CCCC(/C=C/C3=[N+](CCC)c4ccccc4C3(C)C)=C2Oc2ccc(CCC(=O)NCCOCCOCCOCCOCCN)cc2)C(C)(C)c2ccccc21. The van der Waals surface area contributed by atoms with E-state index in [0.717, 1.165) is 62.3 Å². The van der Waals surface area contributed by atoms with Gasteiger partial charge in [-0.25, -0.2) is 0 Å². The summed E-state index contributed by atoms with van der Waals surface area (Å²) in [5, 5.41) is 2.97. The molecule has 0 fully saturated rings. The van der Waals surface area contributed by atoms with Crippen LogP contribution in [-0.2, 0) is 41.0 Å². The number of nitrogens with zero attached hydrogens (tertiary/aromatic N) is 2. The van der Waals surface area contributed by atoms with Crippen molar-refractivity contribution in [3.63, 3.8) is 0 Å². The molecule has 10 nitrogen and oxygen atoms in total. The fraction of sp³-hybridized carbons (Fsp3) is 0.491. The number of hydrogen-bond donors (Lipinski definition) is 2. The van der Waals surface area contributed by atoms with Crippen LogP contribution < -0.4 is 20.7 Å². The van der Waals surface area contributed by atoms with Crippen molar-refractivity contribution in [1.82, 2.24) is 5.32 Å². The Labute approximate surface area is 389 Å². The first-order valence-electron chi connectivity index (χ1n) is 24.1. The number of carbonyl (C=O) groups excluding carboxylic acids is 1. The van der Waals surface area contributed by atoms with Gasteiger partial charge in [0, 0.05) is 67.0 Å². The van der Waals surface area contributed by atoms with Gasteiger partial charge >= 0.3 is 0 Å². The van der Waals surface area contributed by atoms with E-state index in [1.165, 1.54) is 45.1 Å². The molecule has 0 radical (unpaired) electrons. The van der Waals surface area contributed by atoms with Crippen LogP contribution in [0.5, 0.6) is 5.75 Å². The molecule has 3 aromatic carbocycles. The van der Waals surface area contributed by atoms with Crippen LogP contribution in [0.4, 0.5) is 11.4 Å². The van der Waals surface area contributed by atoms with Crippen LogP contribution in [0.1, 0.15) is 96.8 Å². The van der Waals surface area contributed by atoms with E-state index in [9.17, 15) is 4.79 Å². The predicted molar refractivity (Wildman–Crippen MR) is 264 cm³/mol. The summed E-state index contributed by atoms with van der Waals surface area (Å²) in [7, 11) is 0. The number of aryl methyl sites for hydroxylation is 1. The lowest BCUT2D eigenvalue weighted by atomic mass is 9.81. The number of hydrogen-bond acceptors (Lipinski definition) is 8. The summed E-state index contributed by atoms with van der Waals surface area (Å²) in [6, 6.07) is 25.9. The van der Waals surface area contributed by atoms with Crippen LogP contribution >= 0.6 is 0 Å². The van der Waals surface area contributed by atoms with Gasteiger partial charge in [0.15, 0.2) is 5.71 Å². The Kier molecular flexibility index (Phi) is 18.8. The number of ether oxygens (including phenoxy) is 5. The number of fused-ring (bicyclic) bond motifs is 2. The van der Waals surface area contributed by atoms with Gasteiger partial charge in [0.2, 0.25) is 11.6 Å². The van der Waals surface area contributed by atoms with Crippen molar-refractivity contribution in [1.29, 1.82) is 0 Å². The van der Waals surface area contributed by atoms with Crippen molar-refractivity contribution in [2.24, 2.45) is 5.73 Å². The van der Waals surface area contributed by atoms with E-state index in [1.54, 1.807) is 0 Å². The molecule has 2 aliphatic heterocycles. The molecule has 0 aromatic heterocycles. The second-order valence-electron chi connectivity index (χ2n) is 18.1. The lowest BCUT2D eigenvalue weighted by Crippen LogP contribution is -2.28. The molecule has 0 atom stereocenters. The molecule has 1 amide bonds. The number of amides is 1. The van der Waals surface area contributed by atoms with Crippen molar-refractivity contribution >= 4 is 23.0 Å². The highest BCUT2D eigenvalue weighted by atomic mass is 16.6. The number of para-hydroxylation sites is 2. The maximum Gasteiger partial charge on any atom is 0.220 e. The summed E-state index contributed by atoms with van der Waals surface area (Å²) in [4.78, 5) is 15.2. The molecule has 2 heterocycles. The largest absolute Gasteiger partial charge is 0.457 e. The molecule has 3 aromatic rings. The molecule has 65 heavy (non-hydrogen) atoms. The van der Waals surface area contributed by atoms with Crippen LogP contribution in [0.3, 0.4) is 0 Å². The Balaban J connectivity index is 1.12. The third-order valence-corrected chi connectivity index (χ3v) is 12.6. The van der Waals surface area contributed by atoms with E-state index in [2.05, 4.69) is 141 Å². The number of carbonyl (C=O) groups is 1. The Bertz CT molecular complexity index is 2180. The summed E-state index contributed by atoms with van der Waals surface area (Å²) < 4.78 is 31.4. The highest BCUT2D eigenvalue weighted by Gasteiger charge is 2.44. The van der Waals surface area contributed by atoms with Crippen LogP contribution in [0.25, 0.3) is 0 Å². The number of rotatable bonds is 26. The van der Waals surface area contributed by atoms with Gasteiger partial charge in [-0.15, -0.1) is 0 Å². The van der Waals surface area contributed by atoms with Gasteiger partial charge < -0.3 is 39.6 Å². The predicted octanol–water partition coefficient (Wildman–Crippen LogP) is 9.64. The molecular weight excluding hydrogens is 813 g/mol. The monoisotopic (exact) mass is 888 g/mol. The molecule has 3 N–H and O–H groups in total. The smallest absolute Gasteiger partial charge is 0.220 e. The van der Waals surface area contributed by atoms with Crippen molar-refractivity contribution in [2.45, 2.75) is 97.3 Å². The lowest BCUT2D eigenvalue weighted by Gasteiger charge is -2.27. The number of anilines is 1. The zero-order valence-electron chi connectivity index (χ0n) is 40.1. The summed E-state index contributed by atoms with van der Waals surface area (Å²) in [5.74, 6) is 1.72. The molecule has 0 saturated heterocycles. The van der Waals surface area contributed by atoms with E-state index in [0.29, 0.717) is 78.8 Å². The minimum atomic E-state index is -0.124. The first-order chi connectivity index (χ1) is 31.6. The third kappa shape index (κ3) is 13.0. The van der Waals surface area contributed by atoms with Gasteiger partial charge in [0.25, 0.3) is 0 Å². The van der Waals surface area contributed by atoms with Gasteiger partial charge in [0.1, 0.15) is 18.1 Å². The van der Waals surface area contributed by atoms with E-state index < -0.39 is 0 Å². The number of benzene rings is 3. The zero-order chi connectivity index (χ0) is 46.1. The minimum absolute atomic E-state index is 0.000374. The van der Waals surface area contributed by atoms with Crippen molar-refractivity contribution in [3.8, 4) is 5.75 Å². The Morgan fingerprint density at radius 3 is 2.11 bits per heavy atom. The second kappa shape index (κ2) is 24.6. The molecule has 0 spiro atoms. The molecule has 3 aliphatic rings. The summed E-state index contributed by atoms with van der Waals surface area (Å²) in [6.45, 7) is 20.8. The average molecular weight is 888 g/mol. The van der Waals surface area contributed by atoms with Gasteiger partial charge in [-0.1, -0.05) is 82.3 Å². The Morgan fingerprint density at radius 2 is 1.42 bits per heavy atom. The van der Waals surface area contributed by atoms with Crippen molar-refractivity contribution in [2.75, 3.05) is 83.9 Å². The molecule has 0 unspecified atom stereocenters. The lowest BCUT2D eigenvalue weighted by molar-refractivity contribution is -0.437. The van der Waals surface area contributed by atoms with Crippen LogP contribution in [-0.4, -0.2) is 95.2 Å². The summed E-state index contributed by atoms with van der Waals surface area (Å²) >= 11 is 0. The minimum Gasteiger partial charge on any atom is -0.457 e. The maximum absolute atomic E-state index is 12.7. The number of nitrogens with one attached hydrogen (secondary N) is 1. The zero-order valence-corrected chi connectivity index (χ0v) is 40.1. The van der Waals surface area contributed by atoms with Crippen LogP contribution in [0, 0.1) is 0 Å². The van der Waals surface area contributed by atoms with Gasteiger partial charge in [-0.2, -0.15) is 4.58 Å². The molecule has 350 valence electrons. The van der Waals surface area contributed by atoms with E-state index >= 15 is 0 Å². The number of nitrogens with two attached hydrogens (primary N) is 1. The van der Waals surface area contributed by atoms with Crippen LogP contribution in [0.2, 0.25) is 0 Å². The fourth-order valence-electron chi connectivity index (χ4n) is 9.22. The first kappa shape index (κ1) is 49.6. The summed E-state index contributed by atoms with van der Waals surface area (Å²) in [5.41, 5.74) is 16.6. The molecule has 10 heteroatoms. The third-order valence-electron chi connectivity index (χ3n) is 12.6. The fourth-order valence-corrected chi connectivity index (χ4v) is 9.22. The highest BCUT2D eigenvalue weighted by molar-refractivity contribution is 6.03. The van der Waals surface area contributed by atoms with Gasteiger partial charge in [-0.3, -0.25) is 4.79 Å². The van der Waals surface area contributed by atoms with E-state index in [4.69, 9.17) is 29.4 Å². The average Bonchev–Trinajstić information content (AvgIpc) is 3.65. The maximum atomic E-state index is 12.7. The topological polar surface area (TPSA) is 108 Å². The Hall–Kier alpha value is -4.84. The normalized spacial score (nSPS) is 17.7. The second-order valence-corrected chi connectivity index (χ2v) is 18.1. The molecule has 1 aliphatic carbocycles.